The van der Waals surface area contributed by atoms with Crippen LogP contribution < -0.4 is 14.8 Å². The number of ketones is 1. The Morgan fingerprint density at radius 3 is 2.54 bits per heavy atom. The summed E-state index contributed by atoms with van der Waals surface area (Å²) < 4.78 is 11.1. The highest BCUT2D eigenvalue weighted by molar-refractivity contribution is 7.80. The van der Waals surface area contributed by atoms with Crippen molar-refractivity contribution in [2.24, 2.45) is 5.92 Å². The summed E-state index contributed by atoms with van der Waals surface area (Å²) >= 11 is 5.58. The number of para-hydroxylation sites is 1. The molecule has 0 bridgehead atoms. The summed E-state index contributed by atoms with van der Waals surface area (Å²) in [6.07, 6.45) is 1.59. The van der Waals surface area contributed by atoms with Crippen LogP contribution in [0, 0.1) is 12.8 Å². The Morgan fingerprint density at radius 1 is 1.07 bits per heavy atom. The van der Waals surface area contributed by atoms with E-state index in [1.807, 2.05) is 36.4 Å². The van der Waals surface area contributed by atoms with Gasteiger partial charge in [0.15, 0.2) is 22.4 Å². The largest absolute Gasteiger partial charge is 0.486 e. The smallest absolute Gasteiger partial charge is 0.173 e. The van der Waals surface area contributed by atoms with Gasteiger partial charge in [0, 0.05) is 30.3 Å². The maximum Gasteiger partial charge on any atom is 0.173 e. The summed E-state index contributed by atoms with van der Waals surface area (Å²) in [6, 6.07) is 13.6. The molecule has 5 nitrogen and oxygen atoms in total. The van der Waals surface area contributed by atoms with Crippen molar-refractivity contribution in [3.63, 3.8) is 0 Å². The average molecular weight is 397 g/mol. The molecule has 4 rings (SSSR count). The van der Waals surface area contributed by atoms with E-state index in [2.05, 4.69) is 23.2 Å². The summed E-state index contributed by atoms with van der Waals surface area (Å²) in [5, 5.41) is 4.05. The number of thiocarbonyl (C=S) groups is 1. The van der Waals surface area contributed by atoms with Gasteiger partial charge in [-0.3, -0.25) is 4.79 Å². The minimum atomic E-state index is 0.0140. The molecule has 1 N–H and O–H groups in total. The molecule has 0 atom stereocenters. The van der Waals surface area contributed by atoms with E-state index in [-0.39, 0.29) is 11.7 Å². The van der Waals surface area contributed by atoms with Gasteiger partial charge in [-0.15, -0.1) is 0 Å². The fourth-order valence-electron chi connectivity index (χ4n) is 3.68. The van der Waals surface area contributed by atoms with Crippen molar-refractivity contribution >= 4 is 28.8 Å². The molecule has 2 heterocycles. The average Bonchev–Trinajstić information content (AvgIpc) is 2.74. The standard InChI is InChI=1S/C22H24N2O3S/c1-15-4-2-3-5-18(15)23-22(28)24-10-8-16(9-11-24)21(25)17-6-7-19-20(14-17)27-13-12-26-19/h2-7,14,16H,8-13H2,1H3,(H,23,28). The second kappa shape index (κ2) is 8.19. The lowest BCUT2D eigenvalue weighted by Crippen LogP contribution is -2.42. The monoisotopic (exact) mass is 396 g/mol. The number of ether oxygens (including phenoxy) is 2. The lowest BCUT2D eigenvalue weighted by Gasteiger charge is -2.33. The van der Waals surface area contributed by atoms with Gasteiger partial charge >= 0.3 is 0 Å². The van der Waals surface area contributed by atoms with E-state index in [0.29, 0.717) is 30.3 Å². The van der Waals surface area contributed by atoms with Gasteiger partial charge in [0.25, 0.3) is 0 Å². The number of rotatable bonds is 3. The van der Waals surface area contributed by atoms with Gasteiger partial charge in [0.05, 0.1) is 0 Å². The van der Waals surface area contributed by atoms with E-state index in [9.17, 15) is 4.79 Å². The maximum atomic E-state index is 12.9. The van der Waals surface area contributed by atoms with Crippen LogP contribution in [0.5, 0.6) is 11.5 Å². The number of likely N-dealkylation sites (tertiary alicyclic amines) is 1. The number of benzene rings is 2. The molecule has 2 aliphatic heterocycles. The zero-order chi connectivity index (χ0) is 19.5. The fourth-order valence-corrected chi connectivity index (χ4v) is 3.98. The van der Waals surface area contributed by atoms with Gasteiger partial charge in [0.1, 0.15) is 13.2 Å². The second-order valence-corrected chi connectivity index (χ2v) is 7.62. The van der Waals surface area contributed by atoms with Crippen LogP contribution in [-0.4, -0.2) is 42.1 Å². The van der Waals surface area contributed by atoms with Gasteiger partial charge in [-0.1, -0.05) is 18.2 Å². The van der Waals surface area contributed by atoms with E-state index >= 15 is 0 Å². The predicted octanol–water partition coefficient (Wildman–Crippen LogP) is 4.06. The molecule has 0 saturated carbocycles. The molecule has 2 aromatic carbocycles. The molecule has 2 aromatic rings. The third kappa shape index (κ3) is 3.97. The number of aryl methyl sites for hydroxylation is 1. The van der Waals surface area contributed by atoms with Crippen molar-refractivity contribution in [2.75, 3.05) is 31.6 Å². The highest BCUT2D eigenvalue weighted by Crippen LogP contribution is 2.32. The summed E-state index contributed by atoms with van der Waals surface area (Å²) in [5.41, 5.74) is 2.89. The summed E-state index contributed by atoms with van der Waals surface area (Å²) in [6.45, 7) is 4.68. The molecule has 0 unspecified atom stereocenters. The van der Waals surface area contributed by atoms with Crippen LogP contribution in [0.2, 0.25) is 0 Å². The van der Waals surface area contributed by atoms with Crippen molar-refractivity contribution in [3.8, 4) is 11.5 Å². The van der Waals surface area contributed by atoms with Crippen molar-refractivity contribution in [1.82, 2.24) is 4.90 Å². The number of Topliss-reactive ketones (excluding diaryl/α,β-unsaturated/α-hetero) is 1. The van der Waals surface area contributed by atoms with E-state index in [4.69, 9.17) is 21.7 Å². The fraction of sp³-hybridized carbons (Fsp3) is 0.364. The first kappa shape index (κ1) is 18.7. The molecule has 0 spiro atoms. The first-order valence-electron chi connectivity index (χ1n) is 9.67. The number of anilines is 1. The summed E-state index contributed by atoms with van der Waals surface area (Å²) in [4.78, 5) is 15.1. The summed E-state index contributed by atoms with van der Waals surface area (Å²) in [5.74, 6) is 1.57. The lowest BCUT2D eigenvalue weighted by atomic mass is 9.89. The first-order valence-corrected chi connectivity index (χ1v) is 10.1. The first-order chi connectivity index (χ1) is 13.6. The third-order valence-corrected chi connectivity index (χ3v) is 5.73. The molecule has 0 amide bonds. The van der Waals surface area contributed by atoms with Gasteiger partial charge in [-0.2, -0.15) is 0 Å². The topological polar surface area (TPSA) is 50.8 Å². The molecule has 0 radical (unpaired) electrons. The van der Waals surface area contributed by atoms with E-state index < -0.39 is 0 Å². The van der Waals surface area contributed by atoms with Crippen molar-refractivity contribution in [2.45, 2.75) is 19.8 Å². The zero-order valence-electron chi connectivity index (χ0n) is 15.9. The van der Waals surface area contributed by atoms with E-state index in [1.165, 1.54) is 0 Å². The SMILES string of the molecule is Cc1ccccc1NC(=S)N1CCC(C(=O)c2ccc3c(c2)OCCO3)CC1. The molecule has 146 valence electrons. The molecule has 1 saturated heterocycles. The number of nitrogens with one attached hydrogen (secondary N) is 1. The lowest BCUT2D eigenvalue weighted by molar-refractivity contribution is 0.0872. The number of carbonyl (C=O) groups is 1. The predicted molar refractivity (Wildman–Crippen MR) is 113 cm³/mol. The number of fused-ring (bicyclic) bond motifs is 1. The zero-order valence-corrected chi connectivity index (χ0v) is 16.8. The number of nitrogens with zero attached hydrogens (tertiary/aromatic N) is 1. The third-order valence-electron chi connectivity index (χ3n) is 5.37. The van der Waals surface area contributed by atoms with Gasteiger partial charge < -0.3 is 19.7 Å². The minimum Gasteiger partial charge on any atom is -0.486 e. The molecule has 2 aliphatic rings. The molecular weight excluding hydrogens is 372 g/mol. The minimum absolute atomic E-state index is 0.0140. The molecule has 6 heteroatoms. The second-order valence-electron chi connectivity index (χ2n) is 7.23. The van der Waals surface area contributed by atoms with Crippen LogP contribution in [0.3, 0.4) is 0 Å². The Balaban J connectivity index is 1.35. The number of hydrogen-bond acceptors (Lipinski definition) is 4. The highest BCUT2D eigenvalue weighted by Gasteiger charge is 2.28. The number of hydrogen-bond donors (Lipinski definition) is 1. The van der Waals surface area contributed by atoms with Gasteiger partial charge in [-0.05, 0) is 61.8 Å². The van der Waals surface area contributed by atoms with Crippen LogP contribution in [0.25, 0.3) is 0 Å². The van der Waals surface area contributed by atoms with Gasteiger partial charge in [0.2, 0.25) is 0 Å². The van der Waals surface area contributed by atoms with Crippen LogP contribution >= 0.6 is 12.2 Å². The Hall–Kier alpha value is -2.60. The van der Waals surface area contributed by atoms with Crippen LogP contribution in [0.1, 0.15) is 28.8 Å². The molecular formula is C22H24N2O3S. The molecule has 0 aliphatic carbocycles. The Labute approximate surface area is 170 Å². The number of piperidine rings is 1. The molecule has 1 fully saturated rings. The Morgan fingerprint density at radius 2 is 1.79 bits per heavy atom. The molecule has 28 heavy (non-hydrogen) atoms. The van der Waals surface area contributed by atoms with Crippen molar-refractivity contribution < 1.29 is 14.3 Å². The molecule has 0 aromatic heterocycles. The van der Waals surface area contributed by atoms with Crippen molar-refractivity contribution in [3.05, 3.63) is 53.6 Å². The quantitative estimate of drug-likeness (QED) is 0.624. The van der Waals surface area contributed by atoms with Gasteiger partial charge in [-0.25, -0.2) is 0 Å². The summed E-state index contributed by atoms with van der Waals surface area (Å²) in [7, 11) is 0. The Bertz CT molecular complexity index is 891. The van der Waals surface area contributed by atoms with E-state index in [1.54, 1.807) is 0 Å². The normalized spacial score (nSPS) is 16.5. The Kier molecular flexibility index (Phi) is 5.48. The number of carbonyl (C=O) groups excluding carboxylic acids is 1. The van der Waals surface area contributed by atoms with Crippen LogP contribution in [0.15, 0.2) is 42.5 Å². The maximum absolute atomic E-state index is 12.9. The van der Waals surface area contributed by atoms with Crippen molar-refractivity contribution in [1.29, 1.82) is 0 Å². The van der Waals surface area contributed by atoms with Crippen LogP contribution in [-0.2, 0) is 0 Å². The van der Waals surface area contributed by atoms with E-state index in [0.717, 1.165) is 42.3 Å². The highest BCUT2D eigenvalue weighted by atomic mass is 32.1. The van der Waals surface area contributed by atoms with Crippen LogP contribution in [0.4, 0.5) is 5.69 Å².